The first-order valence-electron chi connectivity index (χ1n) is 5.21. The molecule has 2 aromatic carbocycles. The molecule has 1 atom stereocenters. The molecule has 0 aromatic heterocycles. The quantitative estimate of drug-likeness (QED) is 0.840. The monoisotopic (exact) mass is 231 g/mol. The molecule has 16 heavy (non-hydrogen) atoms. The van der Waals surface area contributed by atoms with Crippen LogP contribution in [0.1, 0.15) is 18.1 Å². The molecule has 0 spiro atoms. The van der Waals surface area contributed by atoms with Crippen LogP contribution < -0.4 is 5.73 Å². The first-order chi connectivity index (χ1) is 7.60. The van der Waals surface area contributed by atoms with Gasteiger partial charge in [0.05, 0.1) is 5.54 Å². The summed E-state index contributed by atoms with van der Waals surface area (Å²) in [6, 6.07) is 17.7. The molecular weight excluding hydrogens is 218 g/mol. The average molecular weight is 232 g/mol. The third kappa shape index (κ3) is 2.11. The van der Waals surface area contributed by atoms with E-state index in [1.54, 1.807) is 0 Å². The maximum absolute atomic E-state index is 6.37. The molecule has 2 rings (SSSR count). The Hall–Kier alpha value is -1.31. The van der Waals surface area contributed by atoms with E-state index in [2.05, 4.69) is 0 Å². The van der Waals surface area contributed by atoms with Gasteiger partial charge in [0.2, 0.25) is 0 Å². The van der Waals surface area contributed by atoms with Crippen molar-refractivity contribution in [3.05, 3.63) is 70.7 Å². The maximum Gasteiger partial charge on any atom is 0.0637 e. The van der Waals surface area contributed by atoms with Crippen molar-refractivity contribution in [3.8, 4) is 0 Å². The Balaban J connectivity index is 2.47. The van der Waals surface area contributed by atoms with Crippen LogP contribution in [0.3, 0.4) is 0 Å². The topological polar surface area (TPSA) is 26.0 Å². The molecule has 0 bridgehead atoms. The Morgan fingerprint density at radius 3 is 2.19 bits per heavy atom. The summed E-state index contributed by atoms with van der Waals surface area (Å²) >= 11 is 5.98. The Morgan fingerprint density at radius 1 is 0.938 bits per heavy atom. The highest BCUT2D eigenvalue weighted by Gasteiger charge is 2.23. The molecule has 2 heteroatoms. The first kappa shape index (κ1) is 11.2. The van der Waals surface area contributed by atoms with Crippen LogP contribution in [-0.2, 0) is 5.54 Å². The van der Waals surface area contributed by atoms with E-state index in [0.29, 0.717) is 5.02 Å². The minimum Gasteiger partial charge on any atom is -0.318 e. The van der Waals surface area contributed by atoms with Crippen LogP contribution in [0, 0.1) is 0 Å². The molecular formula is C14H14ClN. The van der Waals surface area contributed by atoms with Crippen LogP contribution in [0.25, 0.3) is 0 Å². The molecule has 0 radical (unpaired) electrons. The molecule has 2 N–H and O–H groups in total. The van der Waals surface area contributed by atoms with Gasteiger partial charge in [0, 0.05) is 5.02 Å². The lowest BCUT2D eigenvalue weighted by molar-refractivity contribution is 0.603. The van der Waals surface area contributed by atoms with Crippen molar-refractivity contribution in [2.75, 3.05) is 0 Å². The van der Waals surface area contributed by atoms with Gasteiger partial charge in [0.25, 0.3) is 0 Å². The van der Waals surface area contributed by atoms with Gasteiger partial charge in [-0.05, 0) is 30.2 Å². The van der Waals surface area contributed by atoms with E-state index in [4.69, 9.17) is 17.3 Å². The maximum atomic E-state index is 6.37. The van der Waals surface area contributed by atoms with Gasteiger partial charge in [-0.3, -0.25) is 0 Å². The zero-order valence-corrected chi connectivity index (χ0v) is 9.91. The third-order valence-electron chi connectivity index (χ3n) is 2.80. The Kier molecular flexibility index (Phi) is 2.99. The minimum atomic E-state index is -0.508. The first-order valence-corrected chi connectivity index (χ1v) is 5.59. The summed E-state index contributed by atoms with van der Waals surface area (Å²) in [7, 11) is 0. The minimum absolute atomic E-state index is 0.508. The molecule has 0 saturated heterocycles. The predicted octanol–water partition coefficient (Wildman–Crippen LogP) is 3.56. The van der Waals surface area contributed by atoms with Crippen molar-refractivity contribution in [2.24, 2.45) is 5.73 Å². The number of hydrogen-bond donors (Lipinski definition) is 1. The Morgan fingerprint density at radius 2 is 1.56 bits per heavy atom. The largest absolute Gasteiger partial charge is 0.318 e. The zero-order chi connectivity index (χ0) is 11.6. The summed E-state index contributed by atoms with van der Waals surface area (Å²) in [5, 5.41) is 0.713. The van der Waals surface area contributed by atoms with Crippen molar-refractivity contribution in [2.45, 2.75) is 12.5 Å². The second-order valence-corrected chi connectivity index (χ2v) is 4.52. The van der Waals surface area contributed by atoms with E-state index in [1.807, 2.05) is 61.5 Å². The number of rotatable bonds is 2. The molecule has 0 aliphatic rings. The number of halogens is 1. The van der Waals surface area contributed by atoms with Crippen molar-refractivity contribution in [3.63, 3.8) is 0 Å². The lowest BCUT2D eigenvalue weighted by atomic mass is 9.86. The number of nitrogens with two attached hydrogens (primary N) is 1. The summed E-state index contributed by atoms with van der Waals surface area (Å²) in [4.78, 5) is 0. The fourth-order valence-electron chi connectivity index (χ4n) is 1.76. The van der Waals surface area contributed by atoms with Gasteiger partial charge in [0.1, 0.15) is 0 Å². The molecule has 1 unspecified atom stereocenters. The van der Waals surface area contributed by atoms with Crippen LogP contribution in [0.5, 0.6) is 0 Å². The van der Waals surface area contributed by atoms with Crippen molar-refractivity contribution in [1.29, 1.82) is 0 Å². The summed E-state index contributed by atoms with van der Waals surface area (Å²) in [6.07, 6.45) is 0. The fourth-order valence-corrected chi connectivity index (χ4v) is 1.95. The van der Waals surface area contributed by atoms with Crippen LogP contribution in [0.15, 0.2) is 54.6 Å². The van der Waals surface area contributed by atoms with Crippen LogP contribution in [0.2, 0.25) is 5.02 Å². The number of hydrogen-bond acceptors (Lipinski definition) is 1. The highest BCUT2D eigenvalue weighted by atomic mass is 35.5. The molecule has 0 aliphatic carbocycles. The van der Waals surface area contributed by atoms with Crippen molar-refractivity contribution < 1.29 is 0 Å². The summed E-state index contributed by atoms with van der Waals surface area (Å²) in [5.41, 5.74) is 7.96. The van der Waals surface area contributed by atoms with E-state index < -0.39 is 5.54 Å². The standard InChI is InChI=1S/C14H14ClN/c1-14(16,11-6-3-2-4-7-11)12-8-5-9-13(15)10-12/h2-10H,16H2,1H3. The van der Waals surface area contributed by atoms with E-state index in [9.17, 15) is 0 Å². The lowest BCUT2D eigenvalue weighted by Crippen LogP contribution is -2.34. The summed E-state index contributed by atoms with van der Waals surface area (Å²) in [5.74, 6) is 0. The van der Waals surface area contributed by atoms with Gasteiger partial charge < -0.3 is 5.73 Å². The smallest absolute Gasteiger partial charge is 0.0637 e. The molecule has 0 amide bonds. The van der Waals surface area contributed by atoms with Gasteiger partial charge in [-0.1, -0.05) is 54.1 Å². The van der Waals surface area contributed by atoms with E-state index in [1.165, 1.54) is 0 Å². The summed E-state index contributed by atoms with van der Waals surface area (Å²) < 4.78 is 0. The van der Waals surface area contributed by atoms with Crippen molar-refractivity contribution in [1.82, 2.24) is 0 Å². The fraction of sp³-hybridized carbons (Fsp3) is 0.143. The normalized spacial score (nSPS) is 14.4. The molecule has 0 fully saturated rings. The van der Waals surface area contributed by atoms with Gasteiger partial charge in [0.15, 0.2) is 0 Å². The Labute approximate surface area is 101 Å². The van der Waals surface area contributed by atoms with E-state index in [0.717, 1.165) is 11.1 Å². The van der Waals surface area contributed by atoms with Gasteiger partial charge >= 0.3 is 0 Å². The second-order valence-electron chi connectivity index (χ2n) is 4.08. The second kappa shape index (κ2) is 4.28. The molecule has 1 nitrogen and oxygen atoms in total. The summed E-state index contributed by atoms with van der Waals surface area (Å²) in [6.45, 7) is 1.99. The average Bonchev–Trinajstić information content (AvgIpc) is 2.30. The highest BCUT2D eigenvalue weighted by molar-refractivity contribution is 6.30. The third-order valence-corrected chi connectivity index (χ3v) is 3.03. The molecule has 0 aliphatic heterocycles. The molecule has 0 saturated carbocycles. The predicted molar refractivity (Wildman–Crippen MR) is 68.5 cm³/mol. The van der Waals surface area contributed by atoms with Crippen LogP contribution in [0.4, 0.5) is 0 Å². The number of benzene rings is 2. The van der Waals surface area contributed by atoms with E-state index in [-0.39, 0.29) is 0 Å². The van der Waals surface area contributed by atoms with E-state index >= 15 is 0 Å². The SMILES string of the molecule is CC(N)(c1ccccc1)c1cccc(Cl)c1. The molecule has 2 aromatic rings. The van der Waals surface area contributed by atoms with Crippen molar-refractivity contribution >= 4 is 11.6 Å². The zero-order valence-electron chi connectivity index (χ0n) is 9.15. The van der Waals surface area contributed by atoms with Gasteiger partial charge in [-0.2, -0.15) is 0 Å². The Bertz CT molecular complexity index is 477. The van der Waals surface area contributed by atoms with Gasteiger partial charge in [-0.15, -0.1) is 0 Å². The van der Waals surface area contributed by atoms with Crippen LogP contribution >= 0.6 is 11.6 Å². The van der Waals surface area contributed by atoms with Crippen LogP contribution in [-0.4, -0.2) is 0 Å². The van der Waals surface area contributed by atoms with Gasteiger partial charge in [-0.25, -0.2) is 0 Å². The molecule has 0 heterocycles. The molecule has 82 valence electrons. The lowest BCUT2D eigenvalue weighted by Gasteiger charge is -2.26. The highest BCUT2D eigenvalue weighted by Crippen LogP contribution is 2.27.